The molecule has 0 bridgehead atoms. The van der Waals surface area contributed by atoms with Gasteiger partial charge in [-0.15, -0.1) is 11.6 Å². The van der Waals surface area contributed by atoms with Crippen molar-refractivity contribution in [1.29, 1.82) is 0 Å². The van der Waals surface area contributed by atoms with Gasteiger partial charge in [0.05, 0.1) is 5.88 Å². The molecule has 1 aromatic rings. The molecule has 4 nitrogen and oxygen atoms in total. The lowest BCUT2D eigenvalue weighted by Crippen LogP contribution is -2.03. The first-order valence-corrected chi connectivity index (χ1v) is 4.49. The minimum absolute atomic E-state index is 0.142. The number of alkyl halides is 3. The SMILES string of the molecule is Cc1cc([N+](=O)[O-])nc(C(F)F)c1CCl. The summed E-state index contributed by atoms with van der Waals surface area (Å²) in [5.41, 5.74) is -0.115. The Morgan fingerprint density at radius 2 is 2.27 bits per heavy atom. The average Bonchev–Trinajstić information content (AvgIpc) is 2.16. The number of hydrogen-bond donors (Lipinski definition) is 0. The first kappa shape index (κ1) is 11.8. The van der Waals surface area contributed by atoms with Crippen molar-refractivity contribution >= 4 is 17.4 Å². The molecule has 0 amide bonds. The Hall–Kier alpha value is -1.30. The minimum Gasteiger partial charge on any atom is -0.358 e. The Kier molecular flexibility index (Phi) is 3.52. The summed E-state index contributed by atoms with van der Waals surface area (Å²) >= 11 is 5.47. The molecule has 1 heterocycles. The number of nitro groups is 1. The molecule has 1 aromatic heterocycles. The second kappa shape index (κ2) is 4.48. The van der Waals surface area contributed by atoms with Crippen LogP contribution in [0.5, 0.6) is 0 Å². The van der Waals surface area contributed by atoms with Gasteiger partial charge < -0.3 is 10.1 Å². The van der Waals surface area contributed by atoms with Gasteiger partial charge in [-0.3, -0.25) is 0 Å². The molecule has 0 radical (unpaired) electrons. The van der Waals surface area contributed by atoms with Crippen LogP contribution in [0.3, 0.4) is 0 Å². The van der Waals surface area contributed by atoms with Gasteiger partial charge >= 0.3 is 12.2 Å². The summed E-state index contributed by atoms with van der Waals surface area (Å²) in [5.74, 6) is -0.729. The van der Waals surface area contributed by atoms with Crippen LogP contribution in [0.15, 0.2) is 6.07 Å². The normalized spacial score (nSPS) is 10.7. The largest absolute Gasteiger partial charge is 0.364 e. The topological polar surface area (TPSA) is 56.0 Å². The van der Waals surface area contributed by atoms with E-state index in [4.69, 9.17) is 11.6 Å². The highest BCUT2D eigenvalue weighted by atomic mass is 35.5. The van der Waals surface area contributed by atoms with Crippen molar-refractivity contribution in [3.63, 3.8) is 0 Å². The molecule has 0 aliphatic carbocycles. The van der Waals surface area contributed by atoms with Crippen molar-refractivity contribution < 1.29 is 13.7 Å². The van der Waals surface area contributed by atoms with Gasteiger partial charge in [0.15, 0.2) is 0 Å². The average molecular weight is 237 g/mol. The Morgan fingerprint density at radius 3 is 2.67 bits per heavy atom. The minimum atomic E-state index is -2.86. The standard InChI is InChI=1S/C8H7ClF2N2O2/c1-4-2-6(13(14)15)12-7(8(10)11)5(4)3-9/h2,8H,3H2,1H3. The molecule has 0 spiro atoms. The van der Waals surface area contributed by atoms with Crippen LogP contribution in [0.4, 0.5) is 14.6 Å². The van der Waals surface area contributed by atoms with E-state index in [1.54, 1.807) is 0 Å². The third-order valence-electron chi connectivity index (χ3n) is 1.89. The van der Waals surface area contributed by atoms with E-state index in [-0.39, 0.29) is 11.4 Å². The quantitative estimate of drug-likeness (QED) is 0.461. The third kappa shape index (κ3) is 2.38. The fraction of sp³-hybridized carbons (Fsp3) is 0.375. The van der Waals surface area contributed by atoms with E-state index < -0.39 is 22.9 Å². The van der Waals surface area contributed by atoms with Gasteiger partial charge in [0.1, 0.15) is 0 Å². The molecule has 0 fully saturated rings. The molecule has 1 rings (SSSR count). The fourth-order valence-electron chi connectivity index (χ4n) is 1.15. The van der Waals surface area contributed by atoms with Gasteiger partial charge in [-0.25, -0.2) is 8.78 Å². The molecule has 7 heteroatoms. The molecule has 82 valence electrons. The molecule has 0 unspecified atom stereocenters. The summed E-state index contributed by atoms with van der Waals surface area (Å²) in [5, 5.41) is 10.4. The molecule has 15 heavy (non-hydrogen) atoms. The molecule has 0 aliphatic heterocycles. The zero-order valence-electron chi connectivity index (χ0n) is 7.71. The van der Waals surface area contributed by atoms with E-state index in [0.717, 1.165) is 6.07 Å². The maximum absolute atomic E-state index is 12.5. The number of aryl methyl sites for hydroxylation is 1. The summed E-state index contributed by atoms with van der Waals surface area (Å²) < 4.78 is 25.0. The smallest absolute Gasteiger partial charge is 0.358 e. The van der Waals surface area contributed by atoms with Gasteiger partial charge in [-0.2, -0.15) is 0 Å². The maximum Gasteiger partial charge on any atom is 0.364 e. The highest BCUT2D eigenvalue weighted by Gasteiger charge is 2.25. The van der Waals surface area contributed by atoms with Crippen LogP contribution in [0.2, 0.25) is 0 Å². The monoisotopic (exact) mass is 236 g/mol. The van der Waals surface area contributed by atoms with Crippen LogP contribution in [0, 0.1) is 17.0 Å². The third-order valence-corrected chi connectivity index (χ3v) is 2.16. The first-order valence-electron chi connectivity index (χ1n) is 3.96. The van der Waals surface area contributed by atoms with Gasteiger partial charge in [0.2, 0.25) is 5.69 Å². The zero-order valence-corrected chi connectivity index (χ0v) is 8.46. The predicted molar refractivity (Wildman–Crippen MR) is 50.1 cm³/mol. The predicted octanol–water partition coefficient (Wildman–Crippen LogP) is 2.97. The lowest BCUT2D eigenvalue weighted by atomic mass is 10.1. The van der Waals surface area contributed by atoms with Gasteiger partial charge in [0, 0.05) is 11.6 Å². The number of nitrogens with zero attached hydrogens (tertiary/aromatic N) is 2. The number of hydrogen-bond acceptors (Lipinski definition) is 3. The van der Waals surface area contributed by atoms with Gasteiger partial charge in [-0.1, -0.05) is 0 Å². The Bertz CT molecular complexity index is 398. The summed E-state index contributed by atoms with van der Waals surface area (Å²) in [6.45, 7) is 1.48. The molecule has 0 aromatic carbocycles. The molecular formula is C8H7ClF2N2O2. The van der Waals surface area contributed by atoms with Gasteiger partial charge in [-0.05, 0) is 22.4 Å². The molecule has 0 saturated heterocycles. The van der Waals surface area contributed by atoms with Crippen LogP contribution in [0.25, 0.3) is 0 Å². The van der Waals surface area contributed by atoms with Crippen LogP contribution in [0.1, 0.15) is 23.2 Å². The number of rotatable bonds is 3. The number of halogens is 3. The Balaban J connectivity index is 3.38. The van der Waals surface area contributed by atoms with Crippen molar-refractivity contribution in [3.8, 4) is 0 Å². The van der Waals surface area contributed by atoms with E-state index in [1.165, 1.54) is 6.92 Å². The highest BCUT2D eigenvalue weighted by molar-refractivity contribution is 6.17. The zero-order chi connectivity index (χ0) is 11.6. The summed E-state index contributed by atoms with van der Waals surface area (Å²) in [6, 6.07) is 1.13. The lowest BCUT2D eigenvalue weighted by Gasteiger charge is -2.04. The number of aromatic nitrogens is 1. The molecule has 0 aliphatic rings. The molecular weight excluding hydrogens is 230 g/mol. The van der Waals surface area contributed by atoms with E-state index in [2.05, 4.69) is 4.98 Å². The van der Waals surface area contributed by atoms with E-state index in [0.29, 0.717) is 5.56 Å². The van der Waals surface area contributed by atoms with Crippen molar-refractivity contribution in [2.45, 2.75) is 19.2 Å². The highest BCUT2D eigenvalue weighted by Crippen LogP contribution is 2.27. The summed E-state index contributed by atoms with van der Waals surface area (Å²) in [6.07, 6.45) is -2.86. The Morgan fingerprint density at radius 1 is 1.67 bits per heavy atom. The van der Waals surface area contributed by atoms with Crippen LogP contribution >= 0.6 is 11.6 Å². The van der Waals surface area contributed by atoms with E-state index in [1.807, 2.05) is 0 Å². The molecule has 0 N–H and O–H groups in total. The summed E-state index contributed by atoms with van der Waals surface area (Å²) in [7, 11) is 0. The van der Waals surface area contributed by atoms with E-state index >= 15 is 0 Å². The summed E-state index contributed by atoms with van der Waals surface area (Å²) in [4.78, 5) is 12.9. The van der Waals surface area contributed by atoms with Crippen LogP contribution < -0.4 is 0 Å². The van der Waals surface area contributed by atoms with Crippen molar-refractivity contribution in [3.05, 3.63) is 33.0 Å². The van der Waals surface area contributed by atoms with Crippen molar-refractivity contribution in [1.82, 2.24) is 4.98 Å². The van der Waals surface area contributed by atoms with Crippen molar-refractivity contribution in [2.24, 2.45) is 0 Å². The van der Waals surface area contributed by atoms with Crippen molar-refractivity contribution in [2.75, 3.05) is 0 Å². The second-order valence-corrected chi connectivity index (χ2v) is 3.12. The molecule has 0 atom stereocenters. The number of pyridine rings is 1. The Labute approximate surface area is 89.0 Å². The molecule has 0 saturated carbocycles. The van der Waals surface area contributed by atoms with Crippen LogP contribution in [-0.4, -0.2) is 9.91 Å². The lowest BCUT2D eigenvalue weighted by molar-refractivity contribution is -0.389. The fourth-order valence-corrected chi connectivity index (χ4v) is 1.50. The van der Waals surface area contributed by atoms with Crippen LogP contribution in [-0.2, 0) is 5.88 Å². The van der Waals surface area contributed by atoms with Gasteiger partial charge in [0.25, 0.3) is 0 Å². The maximum atomic E-state index is 12.5. The first-order chi connectivity index (χ1) is 6.97. The second-order valence-electron chi connectivity index (χ2n) is 2.85. The van der Waals surface area contributed by atoms with E-state index in [9.17, 15) is 18.9 Å².